The van der Waals surface area contributed by atoms with Crippen LogP contribution in [0.2, 0.25) is 0 Å². The van der Waals surface area contributed by atoms with Crippen LogP contribution in [-0.4, -0.2) is 47.7 Å². The molecule has 30 heavy (non-hydrogen) atoms. The molecule has 1 aliphatic rings. The van der Waals surface area contributed by atoms with E-state index in [1.165, 1.54) is 42.2 Å². The third-order valence-corrected chi connectivity index (χ3v) is 5.01. The van der Waals surface area contributed by atoms with Crippen molar-refractivity contribution in [2.75, 3.05) is 25.7 Å². The molecule has 0 unspecified atom stereocenters. The number of aromatic hydroxyl groups is 1. The highest BCUT2D eigenvalue weighted by Gasteiger charge is 2.39. The van der Waals surface area contributed by atoms with Crippen molar-refractivity contribution in [2.45, 2.75) is 13.3 Å². The van der Waals surface area contributed by atoms with Crippen molar-refractivity contribution in [3.05, 3.63) is 53.6 Å². The van der Waals surface area contributed by atoms with Gasteiger partial charge in [-0.3, -0.25) is 19.4 Å². The Kier molecular flexibility index (Phi) is 6.37. The second-order valence-electron chi connectivity index (χ2n) is 6.55. The van der Waals surface area contributed by atoms with Crippen molar-refractivity contribution < 1.29 is 24.2 Å². The van der Waals surface area contributed by atoms with E-state index >= 15 is 0 Å². The highest BCUT2D eigenvalue weighted by molar-refractivity contribution is 7.80. The van der Waals surface area contributed by atoms with E-state index in [0.29, 0.717) is 24.2 Å². The first kappa shape index (κ1) is 21.3. The first-order chi connectivity index (χ1) is 14.4. The van der Waals surface area contributed by atoms with E-state index in [1.54, 1.807) is 24.3 Å². The second kappa shape index (κ2) is 8.96. The molecule has 1 heterocycles. The normalized spacial score (nSPS) is 15.7. The van der Waals surface area contributed by atoms with Crippen LogP contribution in [-0.2, 0) is 9.59 Å². The van der Waals surface area contributed by atoms with Gasteiger partial charge < -0.3 is 14.6 Å². The lowest BCUT2D eigenvalue weighted by Crippen LogP contribution is -2.56. The molecule has 0 radical (unpaired) electrons. The standard InChI is InChI=1S/C22H22N2O5S/c1-4-10-23-20(26)16(11-14-12-17(28-2)19(25)18(13-14)29-3)21(27)24(22(23)30)15-8-6-5-7-9-15/h5-9,11-13,25H,4,10H2,1-3H3/b16-11+. The Labute approximate surface area is 180 Å². The minimum Gasteiger partial charge on any atom is -0.502 e. The molecule has 8 heteroatoms. The van der Waals surface area contributed by atoms with Crippen LogP contribution >= 0.6 is 12.2 Å². The van der Waals surface area contributed by atoms with Crippen LogP contribution in [0.25, 0.3) is 6.08 Å². The molecule has 0 atom stereocenters. The lowest BCUT2D eigenvalue weighted by Gasteiger charge is -2.36. The quantitative estimate of drug-likeness (QED) is 0.434. The summed E-state index contributed by atoms with van der Waals surface area (Å²) in [7, 11) is 2.81. The molecule has 1 fully saturated rings. The molecule has 7 nitrogen and oxygen atoms in total. The molecule has 156 valence electrons. The van der Waals surface area contributed by atoms with Gasteiger partial charge in [-0.2, -0.15) is 0 Å². The number of carbonyl (C=O) groups is 2. The van der Waals surface area contributed by atoms with Crippen molar-refractivity contribution >= 4 is 40.9 Å². The maximum Gasteiger partial charge on any atom is 0.270 e. The van der Waals surface area contributed by atoms with Crippen molar-refractivity contribution in [1.29, 1.82) is 0 Å². The number of benzene rings is 2. The number of carbonyl (C=O) groups excluding carboxylic acids is 2. The number of anilines is 1. The Hall–Kier alpha value is -3.39. The van der Waals surface area contributed by atoms with E-state index in [9.17, 15) is 14.7 Å². The molecule has 2 aromatic carbocycles. The average molecular weight is 426 g/mol. The summed E-state index contributed by atoms with van der Waals surface area (Å²) in [6.07, 6.45) is 2.13. The van der Waals surface area contributed by atoms with Gasteiger partial charge in [0.2, 0.25) is 5.75 Å². The number of phenols is 1. The first-order valence-corrected chi connectivity index (χ1v) is 9.75. The van der Waals surface area contributed by atoms with Crippen molar-refractivity contribution in [2.24, 2.45) is 0 Å². The summed E-state index contributed by atoms with van der Waals surface area (Å²) in [6, 6.07) is 12.0. The Morgan fingerprint density at radius 3 is 2.17 bits per heavy atom. The molecule has 0 spiro atoms. The van der Waals surface area contributed by atoms with Crippen LogP contribution in [0.15, 0.2) is 48.0 Å². The minimum atomic E-state index is -0.519. The molecule has 0 saturated carbocycles. The number of phenolic OH excluding ortho intramolecular Hbond substituents is 1. The summed E-state index contributed by atoms with van der Waals surface area (Å²) in [5.41, 5.74) is 0.999. The van der Waals surface area contributed by atoms with E-state index in [1.807, 2.05) is 13.0 Å². The number of hydrogen-bond acceptors (Lipinski definition) is 6. The van der Waals surface area contributed by atoms with Gasteiger partial charge in [-0.1, -0.05) is 25.1 Å². The zero-order chi connectivity index (χ0) is 21.8. The molecule has 0 bridgehead atoms. The predicted molar refractivity (Wildman–Crippen MR) is 118 cm³/mol. The number of hydrogen-bond donors (Lipinski definition) is 1. The highest BCUT2D eigenvalue weighted by Crippen LogP contribution is 2.38. The van der Waals surface area contributed by atoms with Gasteiger partial charge in [0.25, 0.3) is 11.8 Å². The van der Waals surface area contributed by atoms with Gasteiger partial charge in [-0.25, -0.2) is 0 Å². The van der Waals surface area contributed by atoms with E-state index in [-0.39, 0.29) is 27.9 Å². The second-order valence-corrected chi connectivity index (χ2v) is 6.91. The maximum atomic E-state index is 13.3. The van der Waals surface area contributed by atoms with Gasteiger partial charge in [0.15, 0.2) is 16.6 Å². The fraction of sp³-hybridized carbons (Fsp3) is 0.227. The van der Waals surface area contributed by atoms with Gasteiger partial charge >= 0.3 is 0 Å². The van der Waals surface area contributed by atoms with Crippen LogP contribution in [0.4, 0.5) is 5.69 Å². The third-order valence-electron chi connectivity index (χ3n) is 4.61. The highest BCUT2D eigenvalue weighted by atomic mass is 32.1. The number of methoxy groups -OCH3 is 2. The zero-order valence-electron chi connectivity index (χ0n) is 16.9. The summed E-state index contributed by atoms with van der Waals surface area (Å²) >= 11 is 5.47. The molecule has 3 rings (SSSR count). The predicted octanol–water partition coefficient (Wildman–Crippen LogP) is 3.36. The zero-order valence-corrected chi connectivity index (χ0v) is 17.7. The number of amides is 2. The topological polar surface area (TPSA) is 79.3 Å². The Bertz CT molecular complexity index is 994. The smallest absolute Gasteiger partial charge is 0.270 e. The summed E-state index contributed by atoms with van der Waals surface area (Å²) in [5.74, 6) is -0.821. The molecular formula is C22H22N2O5S. The molecule has 2 amide bonds. The van der Waals surface area contributed by atoms with E-state index in [2.05, 4.69) is 0 Å². The molecule has 1 saturated heterocycles. The van der Waals surface area contributed by atoms with Crippen LogP contribution in [0, 0.1) is 0 Å². The van der Waals surface area contributed by atoms with Gasteiger partial charge in [-0.05, 0) is 54.5 Å². The average Bonchev–Trinajstić information content (AvgIpc) is 2.76. The number of rotatable bonds is 6. The monoisotopic (exact) mass is 426 g/mol. The Morgan fingerprint density at radius 2 is 1.63 bits per heavy atom. The van der Waals surface area contributed by atoms with Crippen LogP contribution in [0.1, 0.15) is 18.9 Å². The van der Waals surface area contributed by atoms with Crippen molar-refractivity contribution in [3.63, 3.8) is 0 Å². The number of ether oxygens (including phenoxy) is 2. The van der Waals surface area contributed by atoms with Gasteiger partial charge in [0, 0.05) is 6.54 Å². The summed E-state index contributed by atoms with van der Waals surface area (Å²) in [5, 5.41) is 10.3. The maximum absolute atomic E-state index is 13.3. The van der Waals surface area contributed by atoms with E-state index in [0.717, 1.165) is 0 Å². The Morgan fingerprint density at radius 1 is 1.03 bits per heavy atom. The van der Waals surface area contributed by atoms with Gasteiger partial charge in [0.05, 0.1) is 19.9 Å². The number of nitrogens with zero attached hydrogens (tertiary/aromatic N) is 2. The summed E-state index contributed by atoms with van der Waals surface area (Å²) < 4.78 is 10.3. The molecule has 0 aliphatic carbocycles. The van der Waals surface area contributed by atoms with Gasteiger partial charge in [-0.15, -0.1) is 0 Å². The fourth-order valence-corrected chi connectivity index (χ4v) is 3.53. The molecular weight excluding hydrogens is 404 g/mol. The Balaban J connectivity index is 2.13. The SMILES string of the molecule is CCCN1C(=O)/C(=C\c2cc(OC)c(O)c(OC)c2)C(=O)N(c2ccccc2)C1=S. The number of para-hydroxylation sites is 1. The lowest BCUT2D eigenvalue weighted by molar-refractivity contribution is -0.127. The fourth-order valence-electron chi connectivity index (χ4n) is 3.16. The van der Waals surface area contributed by atoms with Crippen LogP contribution in [0.5, 0.6) is 17.2 Å². The summed E-state index contributed by atoms with van der Waals surface area (Å²) in [4.78, 5) is 29.2. The third kappa shape index (κ3) is 3.86. The molecule has 1 N–H and O–H groups in total. The van der Waals surface area contributed by atoms with Crippen LogP contribution in [0.3, 0.4) is 0 Å². The van der Waals surface area contributed by atoms with E-state index in [4.69, 9.17) is 21.7 Å². The minimum absolute atomic E-state index is 0.0456. The molecule has 1 aliphatic heterocycles. The van der Waals surface area contributed by atoms with Crippen molar-refractivity contribution in [1.82, 2.24) is 4.90 Å². The van der Waals surface area contributed by atoms with Crippen LogP contribution < -0.4 is 14.4 Å². The van der Waals surface area contributed by atoms with Gasteiger partial charge in [0.1, 0.15) is 5.57 Å². The molecule has 0 aromatic heterocycles. The largest absolute Gasteiger partial charge is 0.502 e. The summed E-state index contributed by atoms with van der Waals surface area (Å²) in [6.45, 7) is 2.31. The van der Waals surface area contributed by atoms with E-state index < -0.39 is 11.8 Å². The van der Waals surface area contributed by atoms with Crippen molar-refractivity contribution in [3.8, 4) is 17.2 Å². The first-order valence-electron chi connectivity index (χ1n) is 9.34. The lowest BCUT2D eigenvalue weighted by atomic mass is 10.0. The number of thiocarbonyl (C=S) groups is 1. The molecule has 2 aromatic rings.